The number of aliphatic hydroxyl groups is 2. The zero-order valence-corrected chi connectivity index (χ0v) is 16.9. The second-order valence-electron chi connectivity index (χ2n) is 7.18. The largest absolute Gasteiger partial charge is 2.00 e. The quantitative estimate of drug-likeness (QED) is 0.645. The van der Waals surface area contributed by atoms with Crippen molar-refractivity contribution in [3.05, 3.63) is 29.8 Å². The Labute approximate surface area is 167 Å². The first-order chi connectivity index (χ1) is 11.9. The number of hydrogen-bond acceptors (Lipinski definition) is 6. The fourth-order valence-electron chi connectivity index (χ4n) is 3.33. The third-order valence-electron chi connectivity index (χ3n) is 4.61. The van der Waals surface area contributed by atoms with Crippen LogP contribution in [0.15, 0.2) is 24.3 Å². The summed E-state index contributed by atoms with van der Waals surface area (Å²) in [5, 5.41) is 31.5. The van der Waals surface area contributed by atoms with Gasteiger partial charge >= 0.3 is 17.1 Å². The van der Waals surface area contributed by atoms with E-state index in [0.717, 1.165) is 44.8 Å². The Kier molecular flexibility index (Phi) is 10.7. The second-order valence-corrected chi connectivity index (χ2v) is 7.18. The van der Waals surface area contributed by atoms with E-state index in [-0.39, 0.29) is 35.0 Å². The molecule has 2 atom stereocenters. The zero-order chi connectivity index (χ0) is 18.2. The summed E-state index contributed by atoms with van der Waals surface area (Å²) in [7, 11) is 0. The van der Waals surface area contributed by atoms with Crippen LogP contribution in [-0.2, 0) is 23.6 Å². The molecule has 7 heteroatoms. The molecule has 1 aliphatic rings. The molecular formula is C19H32FeN3O3+. The first-order valence-electron chi connectivity index (χ1n) is 9.22. The van der Waals surface area contributed by atoms with Crippen LogP contribution in [0.4, 0.5) is 0 Å². The van der Waals surface area contributed by atoms with Gasteiger partial charge in [-0.25, -0.2) is 0 Å². The van der Waals surface area contributed by atoms with E-state index in [9.17, 15) is 15.3 Å². The fourth-order valence-corrected chi connectivity index (χ4v) is 3.33. The van der Waals surface area contributed by atoms with Gasteiger partial charge in [0.25, 0.3) is 0 Å². The molecule has 6 nitrogen and oxygen atoms in total. The molecular weight excluding hydrogens is 374 g/mol. The molecule has 1 fully saturated rings. The summed E-state index contributed by atoms with van der Waals surface area (Å²) in [6.07, 6.45) is -0.719. The van der Waals surface area contributed by atoms with E-state index >= 15 is 0 Å². The molecule has 0 bridgehead atoms. The number of nitrogens with zero attached hydrogens (tertiary/aromatic N) is 3. The summed E-state index contributed by atoms with van der Waals surface area (Å²) in [6, 6.07) is 7.20. The topological polar surface area (TPSA) is 73.2 Å². The summed E-state index contributed by atoms with van der Waals surface area (Å²) in [5.41, 5.74) is 0.825. The minimum atomic E-state index is -0.359. The number of hydrogen-bond donors (Lipinski definition) is 2. The predicted octanol–water partition coefficient (Wildman–Crippen LogP) is -0.0611. The molecule has 0 saturated carbocycles. The number of β-amino-alcohol motifs (C(OH)–C–C–N with tert-alkyl or cyclic N) is 2. The van der Waals surface area contributed by atoms with Gasteiger partial charge < -0.3 is 15.3 Å². The van der Waals surface area contributed by atoms with Crippen molar-refractivity contribution in [2.24, 2.45) is 0 Å². The molecule has 1 aromatic carbocycles. The van der Waals surface area contributed by atoms with Crippen molar-refractivity contribution in [3.8, 4) is 5.75 Å². The minimum Gasteiger partial charge on any atom is -0.872 e. The first-order valence-corrected chi connectivity index (χ1v) is 9.22. The van der Waals surface area contributed by atoms with E-state index in [2.05, 4.69) is 14.7 Å². The molecule has 1 heterocycles. The van der Waals surface area contributed by atoms with Gasteiger partial charge in [-0.05, 0) is 19.4 Å². The Morgan fingerprint density at radius 3 is 1.69 bits per heavy atom. The van der Waals surface area contributed by atoms with E-state index in [1.807, 2.05) is 26.0 Å². The van der Waals surface area contributed by atoms with Crippen LogP contribution in [0.3, 0.4) is 0 Å². The summed E-state index contributed by atoms with van der Waals surface area (Å²) in [5.74, 6) is 0.0871. The maximum absolute atomic E-state index is 12.0. The van der Waals surface area contributed by atoms with Crippen LogP contribution in [0.2, 0.25) is 0 Å². The number of rotatable bonds is 6. The maximum Gasteiger partial charge on any atom is 2.00 e. The van der Waals surface area contributed by atoms with Crippen molar-refractivity contribution < 1.29 is 32.4 Å². The fraction of sp³-hybridized carbons (Fsp3) is 0.684. The third kappa shape index (κ3) is 8.35. The van der Waals surface area contributed by atoms with E-state index in [1.54, 1.807) is 12.1 Å². The molecule has 0 aromatic heterocycles. The van der Waals surface area contributed by atoms with Gasteiger partial charge in [-0.2, -0.15) is 0 Å². The molecule has 0 unspecified atom stereocenters. The minimum absolute atomic E-state index is 0. The van der Waals surface area contributed by atoms with Crippen molar-refractivity contribution in [2.45, 2.75) is 32.6 Å². The second kappa shape index (κ2) is 11.9. The van der Waals surface area contributed by atoms with Crippen LogP contribution in [0.5, 0.6) is 5.75 Å². The number of para-hydroxylation sites is 1. The molecule has 26 heavy (non-hydrogen) atoms. The molecule has 0 spiro atoms. The van der Waals surface area contributed by atoms with Gasteiger partial charge in [-0.3, -0.25) is 14.7 Å². The molecule has 2 rings (SSSR count). The SMILES string of the molecule is C[C@H](O)CN1CCN(Cc2ccccc2[O-])CCN(C[C@H](C)O)CC1.[Fe+2]. The summed E-state index contributed by atoms with van der Waals surface area (Å²) in [4.78, 5) is 6.83. The van der Waals surface area contributed by atoms with E-state index in [0.29, 0.717) is 19.6 Å². The van der Waals surface area contributed by atoms with Crippen LogP contribution in [0, 0.1) is 0 Å². The number of aliphatic hydroxyl groups excluding tert-OH is 2. The molecule has 148 valence electrons. The average Bonchev–Trinajstić information content (AvgIpc) is 2.62. The van der Waals surface area contributed by atoms with Crippen LogP contribution in [0.25, 0.3) is 0 Å². The monoisotopic (exact) mass is 406 g/mol. The van der Waals surface area contributed by atoms with Crippen molar-refractivity contribution in [3.63, 3.8) is 0 Å². The van der Waals surface area contributed by atoms with Gasteiger partial charge in [-0.1, -0.05) is 24.3 Å². The normalized spacial score (nSPS) is 20.5. The molecule has 1 aliphatic heterocycles. The van der Waals surface area contributed by atoms with Gasteiger partial charge in [-0.15, -0.1) is 5.75 Å². The van der Waals surface area contributed by atoms with Crippen LogP contribution < -0.4 is 5.11 Å². The Morgan fingerprint density at radius 2 is 1.27 bits per heavy atom. The third-order valence-corrected chi connectivity index (χ3v) is 4.61. The van der Waals surface area contributed by atoms with E-state index in [1.165, 1.54) is 0 Å². The number of benzene rings is 1. The smallest absolute Gasteiger partial charge is 0.872 e. The maximum atomic E-state index is 12.0. The Morgan fingerprint density at radius 1 is 0.846 bits per heavy atom. The zero-order valence-electron chi connectivity index (χ0n) is 15.8. The van der Waals surface area contributed by atoms with Gasteiger partial charge in [0.2, 0.25) is 0 Å². The molecule has 0 amide bonds. The van der Waals surface area contributed by atoms with E-state index in [4.69, 9.17) is 0 Å². The van der Waals surface area contributed by atoms with Crippen molar-refractivity contribution in [2.75, 3.05) is 52.4 Å². The van der Waals surface area contributed by atoms with Crippen molar-refractivity contribution in [1.82, 2.24) is 14.7 Å². The summed E-state index contributed by atoms with van der Waals surface area (Å²) < 4.78 is 0. The molecule has 0 aliphatic carbocycles. The standard InChI is InChI=1S/C19H33N3O3.Fe/c1-16(23)13-20-7-8-21(14-17(2)24)10-12-22(11-9-20)15-18-5-3-4-6-19(18)25;/h3-6,16-17,23-25H,7-15H2,1-2H3;/q;+2/p-1/t16-,17-;/m0./s1. The van der Waals surface area contributed by atoms with Crippen LogP contribution >= 0.6 is 0 Å². The molecule has 1 saturated heterocycles. The Hall–Kier alpha value is -0.661. The van der Waals surface area contributed by atoms with Gasteiger partial charge in [0.1, 0.15) is 0 Å². The predicted molar refractivity (Wildman–Crippen MR) is 97.4 cm³/mol. The molecule has 0 radical (unpaired) electrons. The van der Waals surface area contributed by atoms with Crippen molar-refractivity contribution >= 4 is 0 Å². The summed E-state index contributed by atoms with van der Waals surface area (Å²) >= 11 is 0. The average molecular weight is 406 g/mol. The first kappa shape index (κ1) is 23.4. The van der Waals surface area contributed by atoms with Gasteiger partial charge in [0, 0.05) is 58.9 Å². The Bertz CT molecular complexity index is 495. The van der Waals surface area contributed by atoms with Crippen LogP contribution in [0.1, 0.15) is 19.4 Å². The Balaban J connectivity index is 0.00000338. The van der Waals surface area contributed by atoms with Crippen LogP contribution in [-0.4, -0.2) is 89.5 Å². The molecule has 1 aromatic rings. The van der Waals surface area contributed by atoms with E-state index < -0.39 is 0 Å². The molecule has 2 N–H and O–H groups in total. The van der Waals surface area contributed by atoms with Crippen molar-refractivity contribution in [1.29, 1.82) is 0 Å². The van der Waals surface area contributed by atoms with Gasteiger partial charge in [0.15, 0.2) is 0 Å². The summed E-state index contributed by atoms with van der Waals surface area (Å²) in [6.45, 7) is 10.8. The van der Waals surface area contributed by atoms with Gasteiger partial charge in [0.05, 0.1) is 12.2 Å².